The first-order valence-corrected chi connectivity index (χ1v) is 11.4. The van der Waals surface area contributed by atoms with Crippen molar-refractivity contribution in [3.8, 4) is 11.5 Å². The molecule has 0 saturated carbocycles. The van der Waals surface area contributed by atoms with Crippen LogP contribution in [0.25, 0.3) is 0 Å². The first kappa shape index (κ1) is 22.5. The summed E-state index contributed by atoms with van der Waals surface area (Å²) in [6, 6.07) is 14.2. The van der Waals surface area contributed by atoms with E-state index >= 15 is 0 Å². The van der Waals surface area contributed by atoms with E-state index in [-0.39, 0.29) is 17.9 Å². The Kier molecular flexibility index (Phi) is 7.04. The Morgan fingerprint density at radius 1 is 0.939 bits per heavy atom. The fraction of sp³-hybridized carbons (Fsp3) is 0.304. The molecule has 3 amide bonds. The number of carbonyl (C=O) groups is 2. The zero-order chi connectivity index (χ0) is 23.2. The summed E-state index contributed by atoms with van der Waals surface area (Å²) < 4.78 is 10.3. The van der Waals surface area contributed by atoms with E-state index in [2.05, 4.69) is 20.8 Å². The summed E-state index contributed by atoms with van der Waals surface area (Å²) in [5.74, 6) is 1.29. The monoisotopic (exact) mass is 467 g/mol. The molecule has 1 saturated heterocycles. The number of amides is 3. The second-order valence-electron chi connectivity index (χ2n) is 7.55. The smallest absolute Gasteiger partial charge is 0.321 e. The molecule has 1 aliphatic rings. The fourth-order valence-corrected chi connectivity index (χ4v) is 4.49. The van der Waals surface area contributed by atoms with E-state index in [9.17, 15) is 9.59 Å². The van der Waals surface area contributed by atoms with Gasteiger partial charge in [-0.3, -0.25) is 4.79 Å². The number of hydrogen-bond donors (Lipinski definition) is 2. The Morgan fingerprint density at radius 3 is 2.36 bits per heavy atom. The molecule has 4 rings (SSSR count). The molecule has 0 unspecified atom stereocenters. The Bertz CT molecular complexity index is 1110. The third-order valence-electron chi connectivity index (χ3n) is 5.44. The van der Waals surface area contributed by atoms with E-state index in [4.69, 9.17) is 9.47 Å². The maximum atomic E-state index is 12.6. The van der Waals surface area contributed by atoms with Crippen LogP contribution >= 0.6 is 11.3 Å². The SMILES string of the molecule is COc1ccc(NC(=O)c2nnc(C3CCN(C(=O)Nc4cccc(OC)c4)CC3)s2)cc1. The van der Waals surface area contributed by atoms with Crippen LogP contribution in [-0.4, -0.2) is 54.3 Å². The molecule has 2 N–H and O–H groups in total. The van der Waals surface area contributed by atoms with Crippen molar-refractivity contribution >= 4 is 34.6 Å². The average molecular weight is 468 g/mol. The molecule has 0 radical (unpaired) electrons. The van der Waals surface area contributed by atoms with Gasteiger partial charge in [-0.15, -0.1) is 10.2 Å². The first-order valence-electron chi connectivity index (χ1n) is 10.5. The van der Waals surface area contributed by atoms with Gasteiger partial charge < -0.3 is 25.0 Å². The minimum Gasteiger partial charge on any atom is -0.497 e. The number of carbonyl (C=O) groups excluding carboxylic acids is 2. The Labute approximate surface area is 195 Å². The molecule has 0 bridgehead atoms. The van der Waals surface area contributed by atoms with Crippen molar-refractivity contribution in [2.75, 3.05) is 37.9 Å². The lowest BCUT2D eigenvalue weighted by molar-refractivity contribution is 0.102. The van der Waals surface area contributed by atoms with Crippen LogP contribution in [-0.2, 0) is 0 Å². The molecule has 9 nitrogen and oxygen atoms in total. The number of benzene rings is 2. The van der Waals surface area contributed by atoms with Gasteiger partial charge in [-0.2, -0.15) is 0 Å². The molecular weight excluding hydrogens is 442 g/mol. The third kappa shape index (κ3) is 5.58. The summed E-state index contributed by atoms with van der Waals surface area (Å²) in [5.41, 5.74) is 1.35. The van der Waals surface area contributed by atoms with Crippen molar-refractivity contribution in [1.82, 2.24) is 15.1 Å². The summed E-state index contributed by atoms with van der Waals surface area (Å²) >= 11 is 1.30. The number of likely N-dealkylation sites (tertiary alicyclic amines) is 1. The van der Waals surface area contributed by atoms with Gasteiger partial charge in [0.05, 0.1) is 14.2 Å². The van der Waals surface area contributed by atoms with Gasteiger partial charge in [0.2, 0.25) is 5.01 Å². The summed E-state index contributed by atoms with van der Waals surface area (Å²) in [4.78, 5) is 26.9. The molecule has 0 aliphatic carbocycles. The molecule has 0 atom stereocenters. The molecule has 2 heterocycles. The molecule has 2 aromatic carbocycles. The van der Waals surface area contributed by atoms with Crippen molar-refractivity contribution in [2.24, 2.45) is 0 Å². The van der Waals surface area contributed by atoms with Crippen molar-refractivity contribution in [3.63, 3.8) is 0 Å². The van der Waals surface area contributed by atoms with Crippen molar-refractivity contribution in [1.29, 1.82) is 0 Å². The topological polar surface area (TPSA) is 106 Å². The summed E-state index contributed by atoms with van der Waals surface area (Å²) in [6.07, 6.45) is 1.53. The third-order valence-corrected chi connectivity index (χ3v) is 6.52. The standard InChI is InChI=1S/C23H25N5O4S/c1-31-18-8-6-16(7-9-18)24-20(29)22-27-26-21(33-22)15-10-12-28(13-11-15)23(30)25-17-4-3-5-19(14-17)32-2/h3-9,14-15H,10-13H2,1-2H3,(H,24,29)(H,25,30). The van der Waals surface area contributed by atoms with Gasteiger partial charge in [-0.25, -0.2) is 4.79 Å². The van der Waals surface area contributed by atoms with Crippen LogP contribution in [0.15, 0.2) is 48.5 Å². The first-order chi connectivity index (χ1) is 16.1. The average Bonchev–Trinajstić information content (AvgIpc) is 3.35. The van der Waals surface area contributed by atoms with Crippen molar-refractivity contribution in [3.05, 3.63) is 58.5 Å². The second kappa shape index (κ2) is 10.3. The van der Waals surface area contributed by atoms with E-state index in [1.54, 1.807) is 49.5 Å². The minimum absolute atomic E-state index is 0.140. The Balaban J connectivity index is 1.30. The molecule has 3 aromatic rings. The number of rotatable bonds is 6. The zero-order valence-electron chi connectivity index (χ0n) is 18.4. The minimum atomic E-state index is -0.293. The van der Waals surface area contributed by atoms with E-state index in [0.29, 0.717) is 35.2 Å². The number of nitrogens with zero attached hydrogens (tertiary/aromatic N) is 3. The van der Waals surface area contributed by atoms with Crippen LogP contribution < -0.4 is 20.1 Å². The number of aromatic nitrogens is 2. The lowest BCUT2D eigenvalue weighted by atomic mass is 9.98. The van der Waals surface area contributed by atoms with Crippen LogP contribution in [0.1, 0.15) is 33.6 Å². The zero-order valence-corrected chi connectivity index (χ0v) is 19.2. The summed E-state index contributed by atoms with van der Waals surface area (Å²) in [7, 11) is 3.18. The van der Waals surface area contributed by atoms with E-state index in [1.165, 1.54) is 11.3 Å². The van der Waals surface area contributed by atoms with Crippen molar-refractivity contribution < 1.29 is 19.1 Å². The van der Waals surface area contributed by atoms with E-state index < -0.39 is 0 Å². The molecular formula is C23H25N5O4S. The van der Waals surface area contributed by atoms with Gasteiger partial charge in [0.25, 0.3) is 5.91 Å². The molecule has 33 heavy (non-hydrogen) atoms. The van der Waals surface area contributed by atoms with Gasteiger partial charge in [-0.05, 0) is 49.2 Å². The van der Waals surface area contributed by atoms with Gasteiger partial charge in [0.1, 0.15) is 16.5 Å². The number of piperidine rings is 1. The molecule has 1 aromatic heterocycles. The van der Waals surface area contributed by atoms with Crippen LogP contribution in [0.4, 0.5) is 16.2 Å². The predicted octanol–water partition coefficient (Wildman–Crippen LogP) is 4.22. The number of methoxy groups -OCH3 is 2. The lowest BCUT2D eigenvalue weighted by Gasteiger charge is -2.31. The predicted molar refractivity (Wildman–Crippen MR) is 126 cm³/mol. The number of urea groups is 1. The molecule has 0 spiro atoms. The highest BCUT2D eigenvalue weighted by atomic mass is 32.1. The lowest BCUT2D eigenvalue weighted by Crippen LogP contribution is -2.40. The summed E-state index contributed by atoms with van der Waals surface area (Å²) in [6.45, 7) is 1.21. The van der Waals surface area contributed by atoms with Crippen LogP contribution in [0.5, 0.6) is 11.5 Å². The van der Waals surface area contributed by atoms with Gasteiger partial charge in [-0.1, -0.05) is 17.4 Å². The second-order valence-corrected chi connectivity index (χ2v) is 8.56. The Hall–Kier alpha value is -3.66. The number of nitrogens with one attached hydrogen (secondary N) is 2. The van der Waals surface area contributed by atoms with Gasteiger partial charge in [0.15, 0.2) is 0 Å². The largest absolute Gasteiger partial charge is 0.497 e. The maximum absolute atomic E-state index is 12.6. The summed E-state index contributed by atoms with van der Waals surface area (Å²) in [5, 5.41) is 15.2. The molecule has 172 valence electrons. The van der Waals surface area contributed by atoms with Gasteiger partial charge in [0, 0.05) is 36.4 Å². The molecule has 1 fully saturated rings. The number of ether oxygens (including phenoxy) is 2. The van der Waals surface area contributed by atoms with Gasteiger partial charge >= 0.3 is 6.03 Å². The highest BCUT2D eigenvalue weighted by molar-refractivity contribution is 7.13. The maximum Gasteiger partial charge on any atom is 0.321 e. The Morgan fingerprint density at radius 2 is 1.67 bits per heavy atom. The van der Waals surface area contributed by atoms with Crippen molar-refractivity contribution in [2.45, 2.75) is 18.8 Å². The fourth-order valence-electron chi connectivity index (χ4n) is 3.58. The number of anilines is 2. The quantitative estimate of drug-likeness (QED) is 0.562. The van der Waals surface area contributed by atoms with E-state index in [1.807, 2.05) is 18.2 Å². The van der Waals surface area contributed by atoms with E-state index in [0.717, 1.165) is 23.6 Å². The highest BCUT2D eigenvalue weighted by Gasteiger charge is 2.27. The molecule has 10 heteroatoms. The molecule has 1 aliphatic heterocycles. The van der Waals surface area contributed by atoms with Crippen LogP contribution in [0, 0.1) is 0 Å². The van der Waals surface area contributed by atoms with Crippen LogP contribution in [0.3, 0.4) is 0 Å². The number of hydrogen-bond acceptors (Lipinski definition) is 7. The highest BCUT2D eigenvalue weighted by Crippen LogP contribution is 2.31. The normalized spacial score (nSPS) is 13.9. The van der Waals surface area contributed by atoms with Crippen LogP contribution in [0.2, 0.25) is 0 Å².